The largest absolute Gasteiger partial charge is 0.349 e. The van der Waals surface area contributed by atoms with E-state index in [2.05, 4.69) is 21.2 Å². The van der Waals surface area contributed by atoms with E-state index >= 15 is 0 Å². The van der Waals surface area contributed by atoms with Crippen molar-refractivity contribution in [3.8, 4) is 0 Å². The van der Waals surface area contributed by atoms with Gasteiger partial charge in [0.15, 0.2) is 0 Å². The van der Waals surface area contributed by atoms with E-state index in [1.165, 1.54) is 0 Å². The number of hydrogen-bond donors (Lipinski definition) is 2. The number of hydrogen-bond acceptors (Lipinski definition) is 2. The third-order valence-corrected chi connectivity index (χ3v) is 4.29. The van der Waals surface area contributed by atoms with Gasteiger partial charge in [-0.3, -0.25) is 4.79 Å². The van der Waals surface area contributed by atoms with Crippen molar-refractivity contribution in [2.75, 3.05) is 0 Å². The highest BCUT2D eigenvalue weighted by Gasteiger charge is 2.26. The van der Waals surface area contributed by atoms with Crippen LogP contribution in [-0.2, 0) is 4.79 Å². The second-order valence-corrected chi connectivity index (χ2v) is 6.32. The molecule has 1 aliphatic carbocycles. The van der Waals surface area contributed by atoms with Crippen LogP contribution in [0.3, 0.4) is 0 Å². The molecule has 0 aromatic heterocycles. The number of amides is 1. The highest BCUT2D eigenvalue weighted by Crippen LogP contribution is 2.24. The zero-order chi connectivity index (χ0) is 13.8. The maximum atomic E-state index is 12.2. The molecule has 0 heterocycles. The normalized spacial score (nSPS) is 23.6. The molecule has 1 aromatic rings. The molecule has 2 rings (SSSR count). The van der Waals surface area contributed by atoms with Gasteiger partial charge in [-0.25, -0.2) is 0 Å². The SMILES string of the molecule is CC(NC(=O)C1CCCC(N)C1)c1cccc(Br)c1.Cl. The quantitative estimate of drug-likeness (QED) is 0.865. The van der Waals surface area contributed by atoms with Gasteiger partial charge in [0.05, 0.1) is 6.04 Å². The minimum Gasteiger partial charge on any atom is -0.349 e. The molecule has 3 atom stereocenters. The standard InChI is InChI=1S/C15H21BrN2O.ClH/c1-10(11-4-2-6-13(16)8-11)18-15(19)12-5-3-7-14(17)9-12;/h2,4,6,8,10,12,14H,3,5,7,9,17H2,1H3,(H,18,19);1H. The van der Waals surface area contributed by atoms with Gasteiger partial charge in [-0.05, 0) is 43.9 Å². The summed E-state index contributed by atoms with van der Waals surface area (Å²) in [7, 11) is 0. The maximum absolute atomic E-state index is 12.2. The number of rotatable bonds is 3. The molecule has 3 nitrogen and oxygen atoms in total. The lowest BCUT2D eigenvalue weighted by Crippen LogP contribution is -2.38. The van der Waals surface area contributed by atoms with Gasteiger partial charge in [-0.2, -0.15) is 0 Å². The van der Waals surface area contributed by atoms with E-state index in [4.69, 9.17) is 5.73 Å². The molecule has 20 heavy (non-hydrogen) atoms. The van der Waals surface area contributed by atoms with Gasteiger partial charge in [0.25, 0.3) is 0 Å². The van der Waals surface area contributed by atoms with Crippen LogP contribution in [0.5, 0.6) is 0 Å². The highest BCUT2D eigenvalue weighted by atomic mass is 79.9. The van der Waals surface area contributed by atoms with Crippen molar-refractivity contribution in [3.05, 3.63) is 34.3 Å². The van der Waals surface area contributed by atoms with Crippen molar-refractivity contribution < 1.29 is 4.79 Å². The second kappa shape index (κ2) is 8.01. The van der Waals surface area contributed by atoms with Crippen LogP contribution in [0.2, 0.25) is 0 Å². The maximum Gasteiger partial charge on any atom is 0.223 e. The number of carbonyl (C=O) groups is 1. The van der Waals surface area contributed by atoms with Crippen molar-refractivity contribution in [1.29, 1.82) is 0 Å². The summed E-state index contributed by atoms with van der Waals surface area (Å²) in [5.41, 5.74) is 7.05. The first-order valence-corrected chi connectivity index (χ1v) is 7.67. The van der Waals surface area contributed by atoms with Gasteiger partial charge in [0.2, 0.25) is 5.91 Å². The summed E-state index contributed by atoms with van der Waals surface area (Å²) in [5.74, 6) is 0.223. The molecule has 1 aliphatic rings. The smallest absolute Gasteiger partial charge is 0.223 e. The molecule has 1 fully saturated rings. The Morgan fingerprint density at radius 3 is 2.85 bits per heavy atom. The monoisotopic (exact) mass is 360 g/mol. The Hall–Kier alpha value is -0.580. The Morgan fingerprint density at radius 1 is 1.45 bits per heavy atom. The fraction of sp³-hybridized carbons (Fsp3) is 0.533. The second-order valence-electron chi connectivity index (χ2n) is 5.41. The third-order valence-electron chi connectivity index (χ3n) is 3.79. The number of benzene rings is 1. The van der Waals surface area contributed by atoms with Crippen LogP contribution < -0.4 is 11.1 Å². The Morgan fingerprint density at radius 2 is 2.20 bits per heavy atom. The first-order valence-electron chi connectivity index (χ1n) is 6.87. The molecule has 0 aliphatic heterocycles. The summed E-state index contributed by atoms with van der Waals surface area (Å²) in [6, 6.07) is 8.25. The van der Waals surface area contributed by atoms with Crippen molar-refractivity contribution in [2.24, 2.45) is 11.7 Å². The van der Waals surface area contributed by atoms with Crippen LogP contribution in [0.1, 0.15) is 44.2 Å². The molecule has 3 unspecified atom stereocenters. The van der Waals surface area contributed by atoms with Crippen LogP contribution >= 0.6 is 28.3 Å². The first-order chi connectivity index (χ1) is 9.06. The van der Waals surface area contributed by atoms with E-state index in [9.17, 15) is 4.79 Å². The van der Waals surface area contributed by atoms with Crippen molar-refractivity contribution in [2.45, 2.75) is 44.7 Å². The van der Waals surface area contributed by atoms with Crippen molar-refractivity contribution >= 4 is 34.2 Å². The Kier molecular flexibility index (Phi) is 7.00. The fourth-order valence-electron chi connectivity index (χ4n) is 2.66. The number of nitrogens with one attached hydrogen (secondary N) is 1. The minimum absolute atomic E-state index is 0. The predicted molar refractivity (Wildman–Crippen MR) is 87.9 cm³/mol. The van der Waals surface area contributed by atoms with E-state index in [-0.39, 0.29) is 36.3 Å². The lowest BCUT2D eigenvalue weighted by molar-refractivity contribution is -0.126. The number of halogens is 2. The lowest BCUT2D eigenvalue weighted by Gasteiger charge is -2.27. The molecule has 5 heteroatoms. The topological polar surface area (TPSA) is 55.1 Å². The van der Waals surface area contributed by atoms with Crippen LogP contribution in [0.4, 0.5) is 0 Å². The minimum atomic E-state index is 0. The van der Waals surface area contributed by atoms with E-state index < -0.39 is 0 Å². The predicted octanol–water partition coefficient (Wildman–Crippen LogP) is 3.57. The summed E-state index contributed by atoms with van der Waals surface area (Å²) in [5, 5.41) is 3.10. The van der Waals surface area contributed by atoms with Crippen LogP contribution in [0, 0.1) is 5.92 Å². The van der Waals surface area contributed by atoms with E-state index in [0.29, 0.717) is 0 Å². The van der Waals surface area contributed by atoms with E-state index in [0.717, 1.165) is 35.7 Å². The first kappa shape index (κ1) is 17.5. The highest BCUT2D eigenvalue weighted by molar-refractivity contribution is 9.10. The molecule has 0 radical (unpaired) electrons. The average Bonchev–Trinajstić information content (AvgIpc) is 2.38. The summed E-state index contributed by atoms with van der Waals surface area (Å²) < 4.78 is 1.03. The molecule has 0 spiro atoms. The Labute approximate surface area is 135 Å². The number of carbonyl (C=O) groups excluding carboxylic acids is 1. The van der Waals surface area contributed by atoms with E-state index in [1.54, 1.807) is 0 Å². The number of nitrogens with two attached hydrogens (primary N) is 1. The lowest BCUT2D eigenvalue weighted by atomic mass is 9.85. The molecule has 3 N–H and O–H groups in total. The Bertz CT molecular complexity index is 455. The molecule has 1 amide bonds. The van der Waals surface area contributed by atoms with Crippen LogP contribution in [0.15, 0.2) is 28.7 Å². The van der Waals surface area contributed by atoms with Gasteiger partial charge in [-0.15, -0.1) is 12.4 Å². The molecule has 0 bridgehead atoms. The third kappa shape index (κ3) is 4.76. The summed E-state index contributed by atoms with van der Waals surface area (Å²) in [6.45, 7) is 2.02. The molecule has 1 aromatic carbocycles. The fourth-order valence-corrected chi connectivity index (χ4v) is 3.07. The summed E-state index contributed by atoms with van der Waals surface area (Å²) in [4.78, 5) is 12.2. The van der Waals surface area contributed by atoms with Gasteiger partial charge < -0.3 is 11.1 Å². The van der Waals surface area contributed by atoms with Gasteiger partial charge >= 0.3 is 0 Å². The molecule has 0 saturated heterocycles. The van der Waals surface area contributed by atoms with Crippen molar-refractivity contribution in [3.63, 3.8) is 0 Å². The van der Waals surface area contributed by atoms with Gasteiger partial charge in [0.1, 0.15) is 0 Å². The zero-order valence-corrected chi connectivity index (χ0v) is 14.0. The van der Waals surface area contributed by atoms with Crippen LogP contribution in [0.25, 0.3) is 0 Å². The van der Waals surface area contributed by atoms with Crippen molar-refractivity contribution in [1.82, 2.24) is 5.32 Å². The average molecular weight is 362 g/mol. The molecule has 112 valence electrons. The molecular formula is C15H22BrClN2O. The summed E-state index contributed by atoms with van der Waals surface area (Å²) in [6.07, 6.45) is 3.89. The summed E-state index contributed by atoms with van der Waals surface area (Å²) >= 11 is 3.45. The van der Waals surface area contributed by atoms with Gasteiger partial charge in [0, 0.05) is 16.4 Å². The Balaban J connectivity index is 0.00000200. The molecule has 1 saturated carbocycles. The van der Waals surface area contributed by atoms with Crippen LogP contribution in [-0.4, -0.2) is 11.9 Å². The van der Waals surface area contributed by atoms with E-state index in [1.807, 2.05) is 31.2 Å². The molecular weight excluding hydrogens is 340 g/mol. The zero-order valence-electron chi connectivity index (χ0n) is 11.6. The van der Waals surface area contributed by atoms with Gasteiger partial charge in [-0.1, -0.05) is 34.5 Å².